The highest BCUT2D eigenvalue weighted by Gasteiger charge is 2.14. The summed E-state index contributed by atoms with van der Waals surface area (Å²) in [4.78, 5) is 15.3. The summed E-state index contributed by atoms with van der Waals surface area (Å²) in [5.41, 5.74) is 0. The van der Waals surface area contributed by atoms with Gasteiger partial charge < -0.3 is 10.0 Å². The van der Waals surface area contributed by atoms with E-state index in [1.54, 1.807) is 0 Å². The van der Waals surface area contributed by atoms with Crippen LogP contribution in [0.1, 0.15) is 39.5 Å². The van der Waals surface area contributed by atoms with Gasteiger partial charge in [-0.2, -0.15) is 0 Å². The van der Waals surface area contributed by atoms with Crippen molar-refractivity contribution in [3.63, 3.8) is 0 Å². The smallest absolute Gasteiger partial charge is 0.317 e. The van der Waals surface area contributed by atoms with Gasteiger partial charge in [-0.15, -0.1) is 0 Å². The summed E-state index contributed by atoms with van der Waals surface area (Å²) >= 11 is 0. The summed E-state index contributed by atoms with van der Waals surface area (Å²) in [5, 5.41) is 8.83. The number of nitrogens with zero attached hydrogens (tertiary/aromatic N) is 2. The fraction of sp³-hybridized carbons (Fsp3) is 0.923. The molecule has 0 unspecified atom stereocenters. The van der Waals surface area contributed by atoms with Gasteiger partial charge in [0.15, 0.2) is 0 Å². The monoisotopic (exact) mass is 242 g/mol. The molecule has 4 nitrogen and oxygen atoms in total. The number of hydrogen-bond donors (Lipinski definition) is 1. The van der Waals surface area contributed by atoms with Crippen LogP contribution in [-0.4, -0.2) is 59.6 Å². The molecule has 0 radical (unpaired) electrons. The van der Waals surface area contributed by atoms with E-state index in [0.29, 0.717) is 6.04 Å². The lowest BCUT2D eigenvalue weighted by Crippen LogP contribution is -2.38. The van der Waals surface area contributed by atoms with Crippen molar-refractivity contribution in [1.29, 1.82) is 0 Å². The molecule has 1 saturated heterocycles. The van der Waals surface area contributed by atoms with Crippen LogP contribution in [0, 0.1) is 0 Å². The molecule has 4 heteroatoms. The van der Waals surface area contributed by atoms with Crippen molar-refractivity contribution in [3.8, 4) is 0 Å². The van der Waals surface area contributed by atoms with E-state index in [1.807, 2.05) is 4.90 Å². The molecule has 0 bridgehead atoms. The number of carboxylic acids is 1. The fourth-order valence-electron chi connectivity index (χ4n) is 2.37. The lowest BCUT2D eigenvalue weighted by atomic mass is 10.1. The van der Waals surface area contributed by atoms with Crippen LogP contribution in [0.3, 0.4) is 0 Å². The lowest BCUT2D eigenvalue weighted by molar-refractivity contribution is -0.138. The minimum absolute atomic E-state index is 0.164. The van der Waals surface area contributed by atoms with Crippen molar-refractivity contribution in [2.45, 2.75) is 45.6 Å². The van der Waals surface area contributed by atoms with Gasteiger partial charge in [0.25, 0.3) is 0 Å². The summed E-state index contributed by atoms with van der Waals surface area (Å²) in [7, 11) is 0. The fourth-order valence-corrected chi connectivity index (χ4v) is 2.37. The molecule has 0 aliphatic carbocycles. The van der Waals surface area contributed by atoms with Crippen molar-refractivity contribution in [3.05, 3.63) is 0 Å². The number of carboxylic acid groups (broad SMARTS) is 1. The zero-order chi connectivity index (χ0) is 12.7. The van der Waals surface area contributed by atoms with Crippen molar-refractivity contribution in [1.82, 2.24) is 9.80 Å². The Morgan fingerprint density at radius 2 is 1.94 bits per heavy atom. The number of rotatable bonds is 7. The van der Waals surface area contributed by atoms with Gasteiger partial charge in [-0.25, -0.2) is 0 Å². The Morgan fingerprint density at radius 1 is 1.29 bits per heavy atom. The molecule has 0 aromatic carbocycles. The molecule has 0 atom stereocenters. The van der Waals surface area contributed by atoms with E-state index in [1.165, 1.54) is 32.4 Å². The maximum absolute atomic E-state index is 10.7. The molecule has 0 saturated carbocycles. The van der Waals surface area contributed by atoms with Gasteiger partial charge >= 0.3 is 5.97 Å². The molecule has 100 valence electrons. The second-order valence-corrected chi connectivity index (χ2v) is 5.21. The molecular weight excluding hydrogens is 216 g/mol. The molecule has 1 N–H and O–H groups in total. The molecule has 1 rings (SSSR count). The molecule has 0 spiro atoms. The van der Waals surface area contributed by atoms with Crippen LogP contribution >= 0.6 is 0 Å². The van der Waals surface area contributed by atoms with Crippen molar-refractivity contribution < 1.29 is 9.90 Å². The topological polar surface area (TPSA) is 43.8 Å². The van der Waals surface area contributed by atoms with Crippen molar-refractivity contribution in [2.75, 3.05) is 32.7 Å². The van der Waals surface area contributed by atoms with Gasteiger partial charge in [0.05, 0.1) is 6.54 Å². The molecule has 17 heavy (non-hydrogen) atoms. The number of piperidine rings is 1. The Labute approximate surface area is 105 Å². The number of hydrogen-bond acceptors (Lipinski definition) is 3. The van der Waals surface area contributed by atoms with Crippen LogP contribution in [-0.2, 0) is 4.79 Å². The second kappa shape index (κ2) is 7.67. The van der Waals surface area contributed by atoms with E-state index >= 15 is 0 Å². The first-order valence-electron chi connectivity index (χ1n) is 6.78. The van der Waals surface area contributed by atoms with Crippen LogP contribution in [0.4, 0.5) is 0 Å². The SMILES string of the molecule is CC(C)N(CCCN1CCCCC1)CC(=O)O. The summed E-state index contributed by atoms with van der Waals surface area (Å²) in [6, 6.07) is 0.312. The van der Waals surface area contributed by atoms with Gasteiger partial charge in [-0.05, 0) is 52.7 Å². The largest absolute Gasteiger partial charge is 0.480 e. The second-order valence-electron chi connectivity index (χ2n) is 5.21. The molecule has 0 aromatic heterocycles. The Kier molecular flexibility index (Phi) is 6.52. The lowest BCUT2D eigenvalue weighted by Gasteiger charge is -2.29. The Bertz CT molecular complexity index is 225. The maximum Gasteiger partial charge on any atom is 0.317 e. The van der Waals surface area contributed by atoms with Crippen molar-refractivity contribution in [2.24, 2.45) is 0 Å². The first kappa shape index (κ1) is 14.5. The predicted molar refractivity (Wildman–Crippen MR) is 69.3 cm³/mol. The predicted octanol–water partition coefficient (Wildman–Crippen LogP) is 1.66. The summed E-state index contributed by atoms with van der Waals surface area (Å²) in [5.74, 6) is -0.725. The third-order valence-corrected chi connectivity index (χ3v) is 3.44. The minimum atomic E-state index is -0.725. The van der Waals surface area contributed by atoms with Crippen molar-refractivity contribution >= 4 is 5.97 Å². The van der Waals surface area contributed by atoms with Gasteiger partial charge in [0.1, 0.15) is 0 Å². The number of aliphatic carboxylic acids is 1. The average Bonchev–Trinajstić information content (AvgIpc) is 2.28. The molecule has 0 aromatic rings. The van der Waals surface area contributed by atoms with Gasteiger partial charge in [-0.1, -0.05) is 6.42 Å². The van der Waals surface area contributed by atoms with Gasteiger partial charge in [0, 0.05) is 12.6 Å². The normalized spacial score (nSPS) is 17.9. The Morgan fingerprint density at radius 3 is 2.47 bits per heavy atom. The first-order valence-corrected chi connectivity index (χ1v) is 6.78. The molecule has 1 aliphatic rings. The van der Waals surface area contributed by atoms with Crippen LogP contribution in [0.15, 0.2) is 0 Å². The third kappa shape index (κ3) is 6.03. The highest BCUT2D eigenvalue weighted by molar-refractivity contribution is 5.69. The highest BCUT2D eigenvalue weighted by Crippen LogP contribution is 2.09. The average molecular weight is 242 g/mol. The quantitative estimate of drug-likeness (QED) is 0.737. The van der Waals surface area contributed by atoms with Crippen LogP contribution in [0.5, 0.6) is 0 Å². The molecule has 1 aliphatic heterocycles. The molecule has 0 amide bonds. The van der Waals surface area contributed by atoms with E-state index in [4.69, 9.17) is 5.11 Å². The zero-order valence-electron chi connectivity index (χ0n) is 11.2. The van der Waals surface area contributed by atoms with E-state index < -0.39 is 5.97 Å². The standard InChI is InChI=1S/C13H26N2O2/c1-12(2)15(11-13(16)17)10-6-9-14-7-4-3-5-8-14/h12H,3-11H2,1-2H3,(H,16,17). The van der Waals surface area contributed by atoms with Crippen LogP contribution < -0.4 is 0 Å². The zero-order valence-corrected chi connectivity index (χ0v) is 11.2. The Balaban J connectivity index is 2.19. The van der Waals surface area contributed by atoms with E-state index in [-0.39, 0.29) is 6.54 Å². The molecule has 1 heterocycles. The van der Waals surface area contributed by atoms with Gasteiger partial charge in [0.2, 0.25) is 0 Å². The molecule has 1 fully saturated rings. The maximum atomic E-state index is 10.7. The minimum Gasteiger partial charge on any atom is -0.480 e. The highest BCUT2D eigenvalue weighted by atomic mass is 16.4. The summed E-state index contributed by atoms with van der Waals surface area (Å²) in [6.45, 7) is 8.73. The summed E-state index contributed by atoms with van der Waals surface area (Å²) < 4.78 is 0. The van der Waals surface area contributed by atoms with E-state index in [0.717, 1.165) is 19.5 Å². The van der Waals surface area contributed by atoms with Crippen LogP contribution in [0.2, 0.25) is 0 Å². The van der Waals surface area contributed by atoms with E-state index in [2.05, 4.69) is 18.7 Å². The number of carbonyl (C=O) groups is 1. The molecular formula is C13H26N2O2. The Hall–Kier alpha value is -0.610. The van der Waals surface area contributed by atoms with Gasteiger partial charge in [-0.3, -0.25) is 9.69 Å². The third-order valence-electron chi connectivity index (χ3n) is 3.44. The first-order chi connectivity index (χ1) is 8.09. The number of likely N-dealkylation sites (tertiary alicyclic amines) is 1. The summed E-state index contributed by atoms with van der Waals surface area (Å²) in [6.07, 6.45) is 5.09. The van der Waals surface area contributed by atoms with Crippen LogP contribution in [0.25, 0.3) is 0 Å². The van der Waals surface area contributed by atoms with E-state index in [9.17, 15) is 4.79 Å².